The van der Waals surface area contributed by atoms with Crippen LogP contribution in [0.5, 0.6) is 5.75 Å². The molecule has 1 aliphatic heterocycles. The maximum atomic E-state index is 12.5. The molecule has 0 unspecified atom stereocenters. The summed E-state index contributed by atoms with van der Waals surface area (Å²) < 4.78 is 5.14. The number of nitrogens with one attached hydrogen (secondary N) is 1. The molecule has 0 bridgehead atoms. The molecule has 21 heavy (non-hydrogen) atoms. The molecule has 0 aromatic heterocycles. The monoisotopic (exact) mass is 291 g/mol. The van der Waals surface area contributed by atoms with Crippen molar-refractivity contribution in [2.45, 2.75) is 12.8 Å². The van der Waals surface area contributed by atoms with E-state index in [1.807, 2.05) is 0 Å². The van der Waals surface area contributed by atoms with Gasteiger partial charge in [-0.15, -0.1) is 0 Å². The topological polar surface area (TPSA) is 84.7 Å². The van der Waals surface area contributed by atoms with Crippen LogP contribution < -0.4 is 15.8 Å². The molecular weight excluding hydrogens is 270 g/mol. The van der Waals surface area contributed by atoms with Crippen molar-refractivity contribution in [1.29, 1.82) is 0 Å². The Morgan fingerprint density at radius 3 is 2.57 bits per heavy atom. The number of ether oxygens (including phenoxy) is 1. The second-order valence-corrected chi connectivity index (χ2v) is 5.10. The first kappa shape index (κ1) is 15.2. The van der Waals surface area contributed by atoms with Crippen LogP contribution in [0.2, 0.25) is 0 Å². The van der Waals surface area contributed by atoms with Gasteiger partial charge < -0.3 is 20.7 Å². The Kier molecular flexibility index (Phi) is 4.67. The number of carbonyl (C=O) groups is 2. The van der Waals surface area contributed by atoms with Crippen LogP contribution in [0.4, 0.5) is 5.69 Å². The zero-order valence-electron chi connectivity index (χ0n) is 12.4. The summed E-state index contributed by atoms with van der Waals surface area (Å²) in [4.78, 5) is 25.9. The third-order valence-corrected chi connectivity index (χ3v) is 3.92. The normalized spacial score (nSPS) is 15.6. The van der Waals surface area contributed by atoms with Gasteiger partial charge in [0.15, 0.2) is 0 Å². The third-order valence-electron chi connectivity index (χ3n) is 3.92. The number of methoxy groups -OCH3 is 1. The van der Waals surface area contributed by atoms with Crippen molar-refractivity contribution in [2.75, 3.05) is 33.0 Å². The maximum Gasteiger partial charge on any atom is 0.256 e. The van der Waals surface area contributed by atoms with Crippen molar-refractivity contribution < 1.29 is 14.3 Å². The number of anilines is 1. The van der Waals surface area contributed by atoms with E-state index in [2.05, 4.69) is 5.32 Å². The number of piperidine rings is 1. The number of nitrogens with two attached hydrogens (primary N) is 1. The van der Waals surface area contributed by atoms with Crippen molar-refractivity contribution in [2.24, 2.45) is 5.92 Å². The Balaban J connectivity index is 2.07. The summed E-state index contributed by atoms with van der Waals surface area (Å²) in [6, 6.07) is 5.18. The predicted octanol–water partition coefficient (Wildman–Crippen LogP) is 0.876. The fraction of sp³-hybridized carbons (Fsp3) is 0.467. The van der Waals surface area contributed by atoms with Gasteiger partial charge in [0.05, 0.1) is 18.4 Å². The summed E-state index contributed by atoms with van der Waals surface area (Å²) in [6.07, 6.45) is 1.35. The average molecular weight is 291 g/mol. The van der Waals surface area contributed by atoms with Crippen LogP contribution in [0.3, 0.4) is 0 Å². The Morgan fingerprint density at radius 2 is 2.00 bits per heavy atom. The number of nitrogens with zero attached hydrogens (tertiary/aromatic N) is 1. The van der Waals surface area contributed by atoms with Gasteiger partial charge >= 0.3 is 0 Å². The zero-order chi connectivity index (χ0) is 15.4. The Bertz CT molecular complexity index is 537. The van der Waals surface area contributed by atoms with Gasteiger partial charge in [-0.25, -0.2) is 0 Å². The van der Waals surface area contributed by atoms with Crippen LogP contribution in [-0.2, 0) is 4.79 Å². The number of amides is 2. The number of hydrogen-bond donors (Lipinski definition) is 2. The highest BCUT2D eigenvalue weighted by atomic mass is 16.5. The molecule has 1 fully saturated rings. The van der Waals surface area contributed by atoms with E-state index in [4.69, 9.17) is 10.5 Å². The molecule has 0 saturated carbocycles. The van der Waals surface area contributed by atoms with Gasteiger partial charge in [0.25, 0.3) is 5.91 Å². The summed E-state index contributed by atoms with van der Waals surface area (Å²) in [6.45, 7) is 1.13. The van der Waals surface area contributed by atoms with Crippen LogP contribution >= 0.6 is 0 Å². The first-order valence-electron chi connectivity index (χ1n) is 7.01. The second-order valence-electron chi connectivity index (χ2n) is 5.10. The van der Waals surface area contributed by atoms with E-state index in [-0.39, 0.29) is 17.7 Å². The Morgan fingerprint density at radius 1 is 1.33 bits per heavy atom. The average Bonchev–Trinajstić information content (AvgIpc) is 2.54. The van der Waals surface area contributed by atoms with Gasteiger partial charge in [0, 0.05) is 26.1 Å². The SMILES string of the molecule is CNC(=O)C1CCN(C(=O)c2cccc(OC)c2N)CC1. The minimum atomic E-state index is -0.109. The van der Waals surface area contributed by atoms with Crippen molar-refractivity contribution in [3.05, 3.63) is 23.8 Å². The molecule has 3 N–H and O–H groups in total. The molecule has 1 saturated heterocycles. The summed E-state index contributed by atoms with van der Waals surface area (Å²) in [5.74, 6) is 0.424. The second kappa shape index (κ2) is 6.47. The molecule has 114 valence electrons. The predicted molar refractivity (Wildman–Crippen MR) is 80.1 cm³/mol. The number of nitrogen functional groups attached to an aromatic ring is 1. The standard InChI is InChI=1S/C15H21N3O3/c1-17-14(19)10-6-8-18(9-7-10)15(20)11-4-3-5-12(21-2)13(11)16/h3-5,10H,6-9,16H2,1-2H3,(H,17,19). The molecule has 2 rings (SSSR count). The van der Waals surface area contributed by atoms with E-state index in [1.54, 1.807) is 30.1 Å². The lowest BCUT2D eigenvalue weighted by molar-refractivity contribution is -0.125. The molecule has 2 amide bonds. The molecule has 0 spiro atoms. The quantitative estimate of drug-likeness (QED) is 0.810. The molecule has 0 aliphatic carbocycles. The Labute approximate surface area is 124 Å². The van der Waals surface area contributed by atoms with E-state index in [0.717, 1.165) is 0 Å². The van der Waals surface area contributed by atoms with Crippen molar-refractivity contribution in [3.8, 4) is 5.75 Å². The van der Waals surface area contributed by atoms with Gasteiger partial charge in [-0.2, -0.15) is 0 Å². The molecule has 6 nitrogen and oxygen atoms in total. The van der Waals surface area contributed by atoms with Crippen molar-refractivity contribution in [1.82, 2.24) is 10.2 Å². The van der Waals surface area contributed by atoms with Gasteiger partial charge in [-0.3, -0.25) is 9.59 Å². The number of benzene rings is 1. The summed E-state index contributed by atoms with van der Waals surface area (Å²) in [7, 11) is 3.16. The van der Waals surface area contributed by atoms with Gasteiger partial charge in [-0.1, -0.05) is 6.07 Å². The molecule has 1 heterocycles. The van der Waals surface area contributed by atoms with E-state index in [1.165, 1.54) is 7.11 Å². The molecule has 1 aromatic carbocycles. The summed E-state index contributed by atoms with van der Waals surface area (Å²) in [5.41, 5.74) is 6.77. The fourth-order valence-electron chi connectivity index (χ4n) is 2.63. The lowest BCUT2D eigenvalue weighted by Crippen LogP contribution is -2.42. The molecule has 1 aromatic rings. The maximum absolute atomic E-state index is 12.5. The number of para-hydroxylation sites is 1. The largest absolute Gasteiger partial charge is 0.495 e. The third kappa shape index (κ3) is 3.09. The molecule has 0 atom stereocenters. The zero-order valence-corrected chi connectivity index (χ0v) is 12.4. The van der Waals surface area contributed by atoms with Crippen molar-refractivity contribution >= 4 is 17.5 Å². The fourth-order valence-corrected chi connectivity index (χ4v) is 2.63. The molecule has 6 heteroatoms. The number of rotatable bonds is 3. The van der Waals surface area contributed by atoms with Crippen LogP contribution in [0.25, 0.3) is 0 Å². The highest BCUT2D eigenvalue weighted by Gasteiger charge is 2.28. The number of hydrogen-bond acceptors (Lipinski definition) is 4. The van der Waals surface area contributed by atoms with Crippen LogP contribution in [0, 0.1) is 5.92 Å². The van der Waals surface area contributed by atoms with Crippen LogP contribution in [0.15, 0.2) is 18.2 Å². The number of likely N-dealkylation sites (tertiary alicyclic amines) is 1. The van der Waals surface area contributed by atoms with E-state index >= 15 is 0 Å². The molecule has 1 aliphatic rings. The highest BCUT2D eigenvalue weighted by molar-refractivity contribution is 6.00. The lowest BCUT2D eigenvalue weighted by atomic mass is 9.95. The minimum Gasteiger partial charge on any atom is -0.495 e. The summed E-state index contributed by atoms with van der Waals surface area (Å²) >= 11 is 0. The lowest BCUT2D eigenvalue weighted by Gasteiger charge is -2.31. The van der Waals surface area contributed by atoms with E-state index in [0.29, 0.717) is 42.9 Å². The summed E-state index contributed by atoms with van der Waals surface area (Å²) in [5, 5.41) is 2.66. The van der Waals surface area contributed by atoms with Gasteiger partial charge in [-0.05, 0) is 25.0 Å². The van der Waals surface area contributed by atoms with E-state index in [9.17, 15) is 9.59 Å². The van der Waals surface area contributed by atoms with E-state index < -0.39 is 0 Å². The van der Waals surface area contributed by atoms with Gasteiger partial charge in [0.2, 0.25) is 5.91 Å². The first-order valence-corrected chi connectivity index (χ1v) is 7.01. The molecule has 0 radical (unpaired) electrons. The number of carbonyl (C=O) groups excluding carboxylic acids is 2. The van der Waals surface area contributed by atoms with Crippen LogP contribution in [0.1, 0.15) is 23.2 Å². The van der Waals surface area contributed by atoms with Crippen LogP contribution in [-0.4, -0.2) is 44.0 Å². The molecular formula is C15H21N3O3. The minimum absolute atomic E-state index is 0.0123. The highest BCUT2D eigenvalue weighted by Crippen LogP contribution is 2.27. The smallest absolute Gasteiger partial charge is 0.256 e. The first-order chi connectivity index (χ1) is 10.1. The Hall–Kier alpha value is -2.24. The van der Waals surface area contributed by atoms with Crippen molar-refractivity contribution in [3.63, 3.8) is 0 Å². The van der Waals surface area contributed by atoms with Gasteiger partial charge in [0.1, 0.15) is 5.75 Å².